The van der Waals surface area contributed by atoms with E-state index in [0.717, 1.165) is 12.4 Å². The molecule has 6 nitrogen and oxygen atoms in total. The van der Waals surface area contributed by atoms with Crippen LogP contribution in [0.2, 0.25) is 0 Å². The van der Waals surface area contributed by atoms with Crippen molar-refractivity contribution in [1.29, 1.82) is 0 Å². The number of aromatic nitrogens is 2. The van der Waals surface area contributed by atoms with Crippen molar-refractivity contribution < 1.29 is 4.74 Å². The molecular weight excluding hydrogens is 206 g/mol. The van der Waals surface area contributed by atoms with Crippen molar-refractivity contribution in [3.63, 3.8) is 0 Å². The molecule has 1 atom stereocenters. The van der Waals surface area contributed by atoms with Crippen molar-refractivity contribution >= 4 is 11.6 Å². The maximum atomic E-state index is 5.31. The van der Waals surface area contributed by atoms with Crippen molar-refractivity contribution in [2.24, 2.45) is 5.84 Å². The highest BCUT2D eigenvalue weighted by Crippen LogP contribution is 2.15. The van der Waals surface area contributed by atoms with E-state index in [-0.39, 0.29) is 6.04 Å². The van der Waals surface area contributed by atoms with E-state index >= 15 is 0 Å². The number of anilines is 2. The summed E-state index contributed by atoms with van der Waals surface area (Å²) < 4.78 is 5.14. The predicted octanol–water partition coefficient (Wildman–Crippen LogP) is 0.623. The number of nitrogen functional groups attached to an aromatic ring is 1. The van der Waals surface area contributed by atoms with Gasteiger partial charge >= 0.3 is 0 Å². The first-order valence-electron chi connectivity index (χ1n) is 5.27. The molecule has 0 saturated carbocycles. The molecule has 3 N–H and O–H groups in total. The summed E-state index contributed by atoms with van der Waals surface area (Å²) in [6, 6.07) is 2.07. The molecule has 0 aliphatic rings. The lowest BCUT2D eigenvalue weighted by atomic mass is 10.3. The zero-order valence-corrected chi connectivity index (χ0v) is 9.97. The van der Waals surface area contributed by atoms with Crippen LogP contribution in [0.1, 0.15) is 13.8 Å². The first-order valence-corrected chi connectivity index (χ1v) is 5.27. The molecule has 0 aliphatic heterocycles. The Morgan fingerprint density at radius 1 is 1.56 bits per heavy atom. The number of nitrogens with two attached hydrogens (primary N) is 1. The topological polar surface area (TPSA) is 76.3 Å². The second-order valence-corrected chi connectivity index (χ2v) is 3.50. The smallest absolute Gasteiger partial charge is 0.145 e. The number of nitrogens with one attached hydrogen (secondary N) is 1. The highest BCUT2D eigenvalue weighted by Gasteiger charge is 2.14. The number of hydrogen-bond donors (Lipinski definition) is 2. The van der Waals surface area contributed by atoms with E-state index in [9.17, 15) is 0 Å². The van der Waals surface area contributed by atoms with E-state index in [0.29, 0.717) is 12.4 Å². The van der Waals surface area contributed by atoms with Crippen LogP contribution < -0.4 is 16.2 Å². The molecule has 1 unspecified atom stereocenters. The van der Waals surface area contributed by atoms with Gasteiger partial charge in [0.15, 0.2) is 0 Å². The molecule has 1 aromatic rings. The second kappa shape index (κ2) is 6.24. The highest BCUT2D eigenvalue weighted by molar-refractivity contribution is 5.48. The molecule has 1 heterocycles. The SMILES string of the molecule is CCN(c1cc(NN)ncn1)C(C)COC. The fraction of sp³-hybridized carbons (Fsp3) is 0.600. The van der Waals surface area contributed by atoms with Crippen LogP contribution in [0.25, 0.3) is 0 Å². The molecule has 0 aromatic carbocycles. The minimum atomic E-state index is 0.260. The van der Waals surface area contributed by atoms with Gasteiger partial charge in [-0.05, 0) is 13.8 Å². The van der Waals surface area contributed by atoms with Crippen LogP contribution >= 0.6 is 0 Å². The van der Waals surface area contributed by atoms with Gasteiger partial charge in [0.1, 0.15) is 18.0 Å². The lowest BCUT2D eigenvalue weighted by molar-refractivity contribution is 0.181. The van der Waals surface area contributed by atoms with Crippen LogP contribution in [0, 0.1) is 0 Å². The maximum absolute atomic E-state index is 5.31. The minimum absolute atomic E-state index is 0.260. The van der Waals surface area contributed by atoms with Crippen LogP contribution in [0.4, 0.5) is 11.6 Å². The molecule has 6 heteroatoms. The van der Waals surface area contributed by atoms with E-state index < -0.39 is 0 Å². The molecule has 1 rings (SSSR count). The number of hydrogen-bond acceptors (Lipinski definition) is 6. The largest absolute Gasteiger partial charge is 0.383 e. The third-order valence-corrected chi connectivity index (χ3v) is 2.38. The standard InChI is InChI=1S/C10H19N5O/c1-4-15(8(2)6-16-3)10-5-9(14-11)12-7-13-10/h5,7-8H,4,6,11H2,1-3H3,(H,12,13,14). The number of likely N-dealkylation sites (N-methyl/N-ethyl adjacent to an activating group) is 1. The monoisotopic (exact) mass is 225 g/mol. The summed E-state index contributed by atoms with van der Waals surface area (Å²) in [5, 5.41) is 0. The second-order valence-electron chi connectivity index (χ2n) is 3.50. The van der Waals surface area contributed by atoms with E-state index in [1.807, 2.05) is 6.07 Å². The van der Waals surface area contributed by atoms with Crippen molar-refractivity contribution in [3.8, 4) is 0 Å². The van der Waals surface area contributed by atoms with Gasteiger partial charge in [0.2, 0.25) is 0 Å². The number of ether oxygens (including phenoxy) is 1. The van der Waals surface area contributed by atoms with E-state index in [4.69, 9.17) is 10.6 Å². The van der Waals surface area contributed by atoms with Crippen molar-refractivity contribution in [2.75, 3.05) is 30.6 Å². The summed E-state index contributed by atoms with van der Waals surface area (Å²) in [7, 11) is 1.69. The number of rotatable bonds is 6. The van der Waals surface area contributed by atoms with Gasteiger partial charge in [0.05, 0.1) is 12.6 Å². The Morgan fingerprint density at radius 2 is 2.31 bits per heavy atom. The van der Waals surface area contributed by atoms with Gasteiger partial charge in [-0.15, -0.1) is 0 Å². The number of methoxy groups -OCH3 is 1. The minimum Gasteiger partial charge on any atom is -0.383 e. The molecule has 1 aromatic heterocycles. The first kappa shape index (κ1) is 12.7. The average Bonchev–Trinajstić information content (AvgIpc) is 2.31. The number of nitrogens with zero attached hydrogens (tertiary/aromatic N) is 3. The van der Waals surface area contributed by atoms with E-state index in [2.05, 4.69) is 34.1 Å². The molecule has 0 fully saturated rings. The normalized spacial score (nSPS) is 12.2. The fourth-order valence-corrected chi connectivity index (χ4v) is 1.61. The summed E-state index contributed by atoms with van der Waals surface area (Å²) in [6.07, 6.45) is 1.49. The molecule has 16 heavy (non-hydrogen) atoms. The van der Waals surface area contributed by atoms with Gasteiger partial charge in [-0.3, -0.25) is 0 Å². The van der Waals surface area contributed by atoms with Gasteiger partial charge < -0.3 is 15.1 Å². The molecule has 0 spiro atoms. The Morgan fingerprint density at radius 3 is 2.88 bits per heavy atom. The molecule has 0 saturated heterocycles. The van der Waals surface area contributed by atoms with Crippen LogP contribution in [0.5, 0.6) is 0 Å². The van der Waals surface area contributed by atoms with Crippen LogP contribution in [0.15, 0.2) is 12.4 Å². The Labute approximate surface area is 95.8 Å². The van der Waals surface area contributed by atoms with Gasteiger partial charge in [-0.25, -0.2) is 15.8 Å². The van der Waals surface area contributed by atoms with Gasteiger partial charge in [0.25, 0.3) is 0 Å². The fourth-order valence-electron chi connectivity index (χ4n) is 1.61. The summed E-state index contributed by atoms with van der Waals surface area (Å²) in [4.78, 5) is 10.3. The highest BCUT2D eigenvalue weighted by atomic mass is 16.5. The lowest BCUT2D eigenvalue weighted by Gasteiger charge is -2.28. The van der Waals surface area contributed by atoms with Crippen molar-refractivity contribution in [3.05, 3.63) is 12.4 Å². The third-order valence-electron chi connectivity index (χ3n) is 2.38. The first-order chi connectivity index (χ1) is 7.72. The van der Waals surface area contributed by atoms with Gasteiger partial charge in [0, 0.05) is 19.7 Å². The Kier molecular flexibility index (Phi) is 4.94. The molecule has 0 amide bonds. The Hall–Kier alpha value is -1.40. The number of hydrazine groups is 1. The maximum Gasteiger partial charge on any atom is 0.145 e. The Bertz CT molecular complexity index is 320. The van der Waals surface area contributed by atoms with Gasteiger partial charge in [-0.2, -0.15) is 0 Å². The molecule has 90 valence electrons. The quantitative estimate of drug-likeness (QED) is 0.546. The van der Waals surface area contributed by atoms with Crippen LogP contribution in [-0.2, 0) is 4.74 Å². The van der Waals surface area contributed by atoms with Crippen LogP contribution in [-0.4, -0.2) is 36.3 Å². The summed E-state index contributed by atoms with van der Waals surface area (Å²) in [5.74, 6) is 6.76. The van der Waals surface area contributed by atoms with E-state index in [1.54, 1.807) is 7.11 Å². The van der Waals surface area contributed by atoms with Gasteiger partial charge in [-0.1, -0.05) is 0 Å². The summed E-state index contributed by atoms with van der Waals surface area (Å²) >= 11 is 0. The van der Waals surface area contributed by atoms with Crippen LogP contribution in [0.3, 0.4) is 0 Å². The molecule has 0 bridgehead atoms. The predicted molar refractivity (Wildman–Crippen MR) is 64.2 cm³/mol. The molecule has 0 radical (unpaired) electrons. The summed E-state index contributed by atoms with van der Waals surface area (Å²) in [6.45, 7) is 5.67. The Balaban J connectivity index is 2.85. The van der Waals surface area contributed by atoms with E-state index in [1.165, 1.54) is 6.33 Å². The zero-order chi connectivity index (χ0) is 12.0. The average molecular weight is 225 g/mol. The lowest BCUT2D eigenvalue weighted by Crippen LogP contribution is -2.36. The molecular formula is C10H19N5O. The van der Waals surface area contributed by atoms with Crippen molar-refractivity contribution in [2.45, 2.75) is 19.9 Å². The molecule has 0 aliphatic carbocycles. The zero-order valence-electron chi connectivity index (χ0n) is 9.97. The van der Waals surface area contributed by atoms with Crippen molar-refractivity contribution in [1.82, 2.24) is 9.97 Å². The summed E-state index contributed by atoms with van der Waals surface area (Å²) in [5.41, 5.74) is 2.51. The third kappa shape index (κ3) is 3.04.